The van der Waals surface area contributed by atoms with Gasteiger partial charge in [-0.05, 0) is 32.4 Å². The molecule has 0 radical (unpaired) electrons. The zero-order chi connectivity index (χ0) is 17.1. The fraction of sp³-hybridized carbons (Fsp3) is 0.316. The van der Waals surface area contributed by atoms with Crippen molar-refractivity contribution in [1.29, 1.82) is 0 Å². The highest BCUT2D eigenvalue weighted by molar-refractivity contribution is 5.62. The normalized spacial score (nSPS) is 26.2. The minimum absolute atomic E-state index is 0.529. The molecule has 3 heterocycles. The van der Waals surface area contributed by atoms with E-state index in [2.05, 4.69) is 4.98 Å². The summed E-state index contributed by atoms with van der Waals surface area (Å²) in [6.07, 6.45) is 0.119. The first-order valence-corrected chi connectivity index (χ1v) is 8.01. The van der Waals surface area contributed by atoms with Crippen LogP contribution >= 0.6 is 0 Å². The van der Waals surface area contributed by atoms with Crippen LogP contribution < -0.4 is 4.74 Å². The van der Waals surface area contributed by atoms with Gasteiger partial charge in [0.25, 0.3) is 0 Å². The van der Waals surface area contributed by atoms with Crippen molar-refractivity contribution in [3.8, 4) is 5.75 Å². The number of benzene rings is 1. The Morgan fingerprint density at radius 3 is 2.58 bits per heavy atom. The zero-order valence-corrected chi connectivity index (χ0v) is 13.9. The summed E-state index contributed by atoms with van der Waals surface area (Å²) in [5.41, 5.74) is 2.54. The van der Waals surface area contributed by atoms with Crippen molar-refractivity contribution in [2.75, 3.05) is 0 Å². The number of aliphatic hydroxyl groups excluding tert-OH is 1. The number of nitrogens with zero attached hydrogens (tertiary/aromatic N) is 2. The standard InChI is InChI=1S/C19H20N2O3/c1-11-12(2)21-10-9-14-15(18(21)20-11)24-17(19(3,23)16(14)22)13-7-5-4-6-8-13/h4-10,16-17,22-23H,1-3H3. The Kier molecular flexibility index (Phi) is 3.20. The number of fused-ring (bicyclic) bond motifs is 3. The van der Waals surface area contributed by atoms with Gasteiger partial charge in [0.15, 0.2) is 17.5 Å². The lowest BCUT2D eigenvalue weighted by Crippen LogP contribution is -2.45. The van der Waals surface area contributed by atoms with Crippen molar-refractivity contribution in [3.63, 3.8) is 0 Å². The summed E-state index contributed by atoms with van der Waals surface area (Å²) in [6.45, 7) is 5.54. The van der Waals surface area contributed by atoms with Crippen LogP contribution in [0.5, 0.6) is 5.75 Å². The van der Waals surface area contributed by atoms with Gasteiger partial charge in [0.1, 0.15) is 11.7 Å². The molecule has 1 aliphatic heterocycles. The van der Waals surface area contributed by atoms with E-state index in [1.54, 1.807) is 13.0 Å². The van der Waals surface area contributed by atoms with Crippen LogP contribution in [-0.4, -0.2) is 25.2 Å². The maximum Gasteiger partial charge on any atom is 0.180 e. The average molecular weight is 324 g/mol. The van der Waals surface area contributed by atoms with E-state index in [0.717, 1.165) is 17.0 Å². The van der Waals surface area contributed by atoms with Gasteiger partial charge in [0.05, 0.1) is 5.69 Å². The Balaban J connectivity index is 1.94. The number of rotatable bonds is 1. The van der Waals surface area contributed by atoms with Gasteiger partial charge in [-0.3, -0.25) is 0 Å². The van der Waals surface area contributed by atoms with Crippen LogP contribution in [0.15, 0.2) is 42.6 Å². The molecular formula is C19H20N2O3. The molecule has 3 aromatic rings. The van der Waals surface area contributed by atoms with Gasteiger partial charge in [-0.1, -0.05) is 30.3 Å². The smallest absolute Gasteiger partial charge is 0.180 e. The van der Waals surface area contributed by atoms with Gasteiger partial charge in [-0.25, -0.2) is 4.98 Å². The molecular weight excluding hydrogens is 304 g/mol. The summed E-state index contributed by atoms with van der Waals surface area (Å²) in [7, 11) is 0. The summed E-state index contributed by atoms with van der Waals surface area (Å²) >= 11 is 0. The number of hydrogen-bond donors (Lipinski definition) is 2. The van der Waals surface area contributed by atoms with E-state index >= 15 is 0 Å². The van der Waals surface area contributed by atoms with Crippen LogP contribution in [0.3, 0.4) is 0 Å². The van der Waals surface area contributed by atoms with E-state index in [0.29, 0.717) is 17.0 Å². The lowest BCUT2D eigenvalue weighted by atomic mass is 9.82. The minimum Gasteiger partial charge on any atom is -0.478 e. The Hall–Kier alpha value is -2.37. The summed E-state index contributed by atoms with van der Waals surface area (Å²) in [5.74, 6) is 0.529. The molecule has 0 fully saturated rings. The Bertz CT molecular complexity index is 915. The Labute approximate surface area is 140 Å². The maximum atomic E-state index is 10.9. The molecule has 124 valence electrons. The first-order chi connectivity index (χ1) is 11.4. The van der Waals surface area contributed by atoms with Gasteiger partial charge >= 0.3 is 0 Å². The highest BCUT2D eigenvalue weighted by atomic mass is 16.5. The number of pyridine rings is 1. The Morgan fingerprint density at radius 2 is 1.88 bits per heavy atom. The van der Waals surface area contributed by atoms with Gasteiger partial charge < -0.3 is 19.4 Å². The number of aromatic nitrogens is 2. The second kappa shape index (κ2) is 5.06. The van der Waals surface area contributed by atoms with Crippen LogP contribution in [-0.2, 0) is 0 Å². The van der Waals surface area contributed by atoms with Crippen LogP contribution in [0.25, 0.3) is 5.65 Å². The fourth-order valence-electron chi connectivity index (χ4n) is 3.39. The molecule has 1 aliphatic rings. The van der Waals surface area contributed by atoms with Crippen molar-refractivity contribution in [1.82, 2.24) is 9.38 Å². The first kappa shape index (κ1) is 15.2. The van der Waals surface area contributed by atoms with Crippen LogP contribution in [0.4, 0.5) is 0 Å². The van der Waals surface area contributed by atoms with Crippen molar-refractivity contribution in [3.05, 3.63) is 65.1 Å². The van der Waals surface area contributed by atoms with E-state index < -0.39 is 17.8 Å². The average Bonchev–Trinajstić information content (AvgIpc) is 2.86. The highest BCUT2D eigenvalue weighted by Crippen LogP contribution is 2.48. The SMILES string of the molecule is Cc1nc2c3c(ccn2c1C)C(O)C(C)(O)C(c1ccccc1)O3. The number of aryl methyl sites for hydroxylation is 2. The second-order valence-corrected chi connectivity index (χ2v) is 6.61. The molecule has 2 N–H and O–H groups in total. The van der Waals surface area contributed by atoms with E-state index in [1.165, 1.54) is 0 Å². The molecule has 5 nitrogen and oxygen atoms in total. The molecule has 0 amide bonds. The molecule has 3 atom stereocenters. The highest BCUT2D eigenvalue weighted by Gasteiger charge is 2.48. The topological polar surface area (TPSA) is 67.0 Å². The van der Waals surface area contributed by atoms with Gasteiger partial charge in [0.2, 0.25) is 0 Å². The molecule has 1 aromatic carbocycles. The molecule has 24 heavy (non-hydrogen) atoms. The number of ether oxygens (including phenoxy) is 1. The zero-order valence-electron chi connectivity index (χ0n) is 13.9. The van der Waals surface area contributed by atoms with Gasteiger partial charge in [0, 0.05) is 17.5 Å². The quantitative estimate of drug-likeness (QED) is 0.722. The van der Waals surface area contributed by atoms with Gasteiger partial charge in [-0.2, -0.15) is 0 Å². The molecule has 5 heteroatoms. The molecule has 2 aromatic heterocycles. The molecule has 0 saturated heterocycles. The largest absolute Gasteiger partial charge is 0.478 e. The van der Waals surface area contributed by atoms with Crippen LogP contribution in [0, 0.1) is 13.8 Å². The third-order valence-corrected chi connectivity index (χ3v) is 4.97. The lowest BCUT2D eigenvalue weighted by molar-refractivity contribution is -0.144. The Morgan fingerprint density at radius 1 is 1.17 bits per heavy atom. The van der Waals surface area contributed by atoms with Crippen LogP contribution in [0.2, 0.25) is 0 Å². The first-order valence-electron chi connectivity index (χ1n) is 8.01. The molecule has 0 saturated carbocycles. The van der Waals surface area contributed by atoms with Crippen molar-refractivity contribution < 1.29 is 14.9 Å². The van der Waals surface area contributed by atoms with Gasteiger partial charge in [-0.15, -0.1) is 0 Å². The minimum atomic E-state index is -1.44. The summed E-state index contributed by atoms with van der Waals surface area (Å²) in [4.78, 5) is 4.58. The molecule has 3 unspecified atom stereocenters. The predicted molar refractivity (Wildman–Crippen MR) is 90.1 cm³/mol. The van der Waals surface area contributed by atoms with E-state index in [4.69, 9.17) is 4.74 Å². The lowest BCUT2D eigenvalue weighted by Gasteiger charge is -2.42. The number of hydrogen-bond acceptors (Lipinski definition) is 4. The number of imidazole rings is 1. The van der Waals surface area contributed by atoms with E-state index in [1.807, 2.05) is 54.8 Å². The summed E-state index contributed by atoms with van der Waals surface area (Å²) in [6, 6.07) is 11.3. The maximum absolute atomic E-state index is 10.9. The number of aliphatic hydroxyl groups is 2. The summed E-state index contributed by atoms with van der Waals surface area (Å²) < 4.78 is 8.14. The predicted octanol–water partition coefficient (Wildman–Crippen LogP) is 2.87. The monoisotopic (exact) mass is 324 g/mol. The third kappa shape index (κ3) is 1.98. The fourth-order valence-corrected chi connectivity index (χ4v) is 3.39. The molecule has 0 spiro atoms. The van der Waals surface area contributed by atoms with Crippen molar-refractivity contribution >= 4 is 5.65 Å². The van der Waals surface area contributed by atoms with E-state index in [-0.39, 0.29) is 0 Å². The third-order valence-electron chi connectivity index (χ3n) is 4.97. The molecule has 4 rings (SSSR count). The molecule has 0 aliphatic carbocycles. The van der Waals surface area contributed by atoms with E-state index in [9.17, 15) is 10.2 Å². The van der Waals surface area contributed by atoms with Crippen molar-refractivity contribution in [2.24, 2.45) is 0 Å². The summed E-state index contributed by atoms with van der Waals surface area (Å²) in [5, 5.41) is 21.7. The second-order valence-electron chi connectivity index (χ2n) is 6.61. The molecule has 0 bridgehead atoms. The van der Waals surface area contributed by atoms with Crippen LogP contribution in [0.1, 0.15) is 41.6 Å². The van der Waals surface area contributed by atoms with Crippen molar-refractivity contribution in [2.45, 2.75) is 38.6 Å².